The van der Waals surface area contributed by atoms with Crippen LogP contribution in [0.4, 0.5) is 0 Å². The molecular weight excluding hydrogens is 250 g/mol. The SMILES string of the molecule is CCOc1ccc(C(O)CN2CCC(C)C(C)C2)cc1. The lowest BCUT2D eigenvalue weighted by Crippen LogP contribution is -2.40. The summed E-state index contributed by atoms with van der Waals surface area (Å²) in [5.74, 6) is 2.38. The van der Waals surface area contributed by atoms with Gasteiger partial charge in [-0.25, -0.2) is 0 Å². The van der Waals surface area contributed by atoms with Crippen molar-refractivity contribution in [2.75, 3.05) is 26.2 Å². The van der Waals surface area contributed by atoms with Gasteiger partial charge in [-0.15, -0.1) is 0 Å². The highest BCUT2D eigenvalue weighted by Crippen LogP contribution is 2.25. The minimum Gasteiger partial charge on any atom is -0.494 e. The number of rotatable bonds is 5. The summed E-state index contributed by atoms with van der Waals surface area (Å²) >= 11 is 0. The van der Waals surface area contributed by atoms with E-state index >= 15 is 0 Å². The maximum absolute atomic E-state index is 10.4. The van der Waals surface area contributed by atoms with Gasteiger partial charge in [0.1, 0.15) is 5.75 Å². The Kier molecular flexibility index (Phi) is 5.44. The minimum atomic E-state index is -0.411. The van der Waals surface area contributed by atoms with Crippen molar-refractivity contribution in [3.8, 4) is 5.75 Å². The fourth-order valence-corrected chi connectivity index (χ4v) is 2.82. The van der Waals surface area contributed by atoms with Crippen LogP contribution in [0.1, 0.15) is 38.9 Å². The first-order chi connectivity index (χ1) is 9.60. The number of ether oxygens (including phenoxy) is 1. The van der Waals surface area contributed by atoms with Crippen LogP contribution in [-0.2, 0) is 0 Å². The predicted octanol–water partition coefficient (Wildman–Crippen LogP) is 3.10. The first kappa shape index (κ1) is 15.3. The van der Waals surface area contributed by atoms with E-state index in [-0.39, 0.29) is 0 Å². The van der Waals surface area contributed by atoms with Crippen molar-refractivity contribution in [3.63, 3.8) is 0 Å². The van der Waals surface area contributed by atoms with E-state index in [4.69, 9.17) is 4.74 Å². The Balaban J connectivity index is 1.89. The molecule has 1 aromatic carbocycles. The van der Waals surface area contributed by atoms with Crippen LogP contribution in [0.5, 0.6) is 5.75 Å². The molecule has 0 bridgehead atoms. The molecule has 1 heterocycles. The van der Waals surface area contributed by atoms with Crippen molar-refractivity contribution in [1.82, 2.24) is 4.90 Å². The van der Waals surface area contributed by atoms with Crippen LogP contribution in [0.15, 0.2) is 24.3 Å². The number of aliphatic hydroxyl groups excluding tert-OH is 1. The fourth-order valence-electron chi connectivity index (χ4n) is 2.82. The molecule has 20 heavy (non-hydrogen) atoms. The summed E-state index contributed by atoms with van der Waals surface area (Å²) in [7, 11) is 0. The number of likely N-dealkylation sites (tertiary alicyclic amines) is 1. The van der Waals surface area contributed by atoms with E-state index in [0.717, 1.165) is 42.8 Å². The number of nitrogens with zero attached hydrogens (tertiary/aromatic N) is 1. The molecule has 0 amide bonds. The number of hydrogen-bond acceptors (Lipinski definition) is 3. The molecule has 1 aromatic rings. The number of hydrogen-bond donors (Lipinski definition) is 1. The van der Waals surface area contributed by atoms with Gasteiger partial charge < -0.3 is 14.7 Å². The third-order valence-corrected chi connectivity index (χ3v) is 4.43. The zero-order chi connectivity index (χ0) is 14.5. The van der Waals surface area contributed by atoms with Crippen molar-refractivity contribution in [2.24, 2.45) is 11.8 Å². The molecule has 112 valence electrons. The molecule has 3 atom stereocenters. The molecule has 1 fully saturated rings. The monoisotopic (exact) mass is 277 g/mol. The van der Waals surface area contributed by atoms with Gasteiger partial charge in [-0.1, -0.05) is 26.0 Å². The third-order valence-electron chi connectivity index (χ3n) is 4.43. The maximum Gasteiger partial charge on any atom is 0.119 e. The van der Waals surface area contributed by atoms with Gasteiger partial charge in [0, 0.05) is 13.1 Å². The molecule has 3 unspecified atom stereocenters. The van der Waals surface area contributed by atoms with Crippen molar-refractivity contribution >= 4 is 0 Å². The lowest BCUT2D eigenvalue weighted by Gasteiger charge is -2.36. The van der Waals surface area contributed by atoms with E-state index < -0.39 is 6.10 Å². The highest BCUT2D eigenvalue weighted by atomic mass is 16.5. The lowest BCUT2D eigenvalue weighted by molar-refractivity contribution is 0.0705. The molecule has 3 heteroatoms. The molecule has 2 rings (SSSR count). The maximum atomic E-state index is 10.4. The zero-order valence-electron chi connectivity index (χ0n) is 12.9. The quantitative estimate of drug-likeness (QED) is 0.897. The Bertz CT molecular complexity index is 404. The second-order valence-electron chi connectivity index (χ2n) is 6.02. The summed E-state index contributed by atoms with van der Waals surface area (Å²) in [6.45, 7) is 10.2. The third kappa shape index (κ3) is 3.97. The van der Waals surface area contributed by atoms with Gasteiger partial charge in [0.25, 0.3) is 0 Å². The smallest absolute Gasteiger partial charge is 0.119 e. The molecule has 0 aliphatic carbocycles. The molecular formula is C17H27NO2. The Hall–Kier alpha value is -1.06. The van der Waals surface area contributed by atoms with Crippen LogP contribution in [0.3, 0.4) is 0 Å². The van der Waals surface area contributed by atoms with Crippen LogP contribution >= 0.6 is 0 Å². The summed E-state index contributed by atoms with van der Waals surface area (Å²) in [6, 6.07) is 7.79. The number of piperidine rings is 1. The Morgan fingerprint density at radius 1 is 1.25 bits per heavy atom. The molecule has 1 N–H and O–H groups in total. The first-order valence-corrected chi connectivity index (χ1v) is 7.73. The van der Waals surface area contributed by atoms with E-state index in [1.807, 2.05) is 31.2 Å². The second-order valence-corrected chi connectivity index (χ2v) is 6.02. The predicted molar refractivity (Wildman–Crippen MR) is 82.0 cm³/mol. The van der Waals surface area contributed by atoms with Crippen molar-refractivity contribution in [2.45, 2.75) is 33.3 Å². The van der Waals surface area contributed by atoms with Crippen LogP contribution < -0.4 is 4.74 Å². The van der Waals surface area contributed by atoms with Gasteiger partial charge in [-0.2, -0.15) is 0 Å². The summed E-state index contributed by atoms with van der Waals surface area (Å²) in [5, 5.41) is 10.4. The van der Waals surface area contributed by atoms with E-state index in [1.165, 1.54) is 6.42 Å². The normalized spacial score (nSPS) is 25.4. The Morgan fingerprint density at radius 2 is 1.95 bits per heavy atom. The van der Waals surface area contributed by atoms with Gasteiger partial charge in [-0.05, 0) is 49.4 Å². The van der Waals surface area contributed by atoms with Crippen LogP contribution in [-0.4, -0.2) is 36.2 Å². The van der Waals surface area contributed by atoms with Gasteiger partial charge >= 0.3 is 0 Å². The van der Waals surface area contributed by atoms with Gasteiger partial charge in [0.15, 0.2) is 0 Å². The summed E-state index contributed by atoms with van der Waals surface area (Å²) in [4.78, 5) is 2.38. The van der Waals surface area contributed by atoms with Gasteiger partial charge in [-0.3, -0.25) is 0 Å². The largest absolute Gasteiger partial charge is 0.494 e. The van der Waals surface area contributed by atoms with Crippen LogP contribution in [0, 0.1) is 11.8 Å². The highest BCUT2D eigenvalue weighted by molar-refractivity contribution is 5.28. The number of aliphatic hydroxyl groups is 1. The van der Waals surface area contributed by atoms with E-state index in [9.17, 15) is 5.11 Å². The van der Waals surface area contributed by atoms with Crippen LogP contribution in [0.25, 0.3) is 0 Å². The molecule has 0 saturated carbocycles. The average Bonchev–Trinajstić information content (AvgIpc) is 2.44. The average molecular weight is 277 g/mol. The fraction of sp³-hybridized carbons (Fsp3) is 0.647. The Morgan fingerprint density at radius 3 is 2.55 bits per heavy atom. The zero-order valence-corrected chi connectivity index (χ0v) is 12.9. The second kappa shape index (κ2) is 7.09. The van der Waals surface area contributed by atoms with Crippen molar-refractivity contribution in [1.29, 1.82) is 0 Å². The molecule has 0 spiro atoms. The van der Waals surface area contributed by atoms with Crippen molar-refractivity contribution < 1.29 is 9.84 Å². The minimum absolute atomic E-state index is 0.411. The van der Waals surface area contributed by atoms with Crippen molar-refractivity contribution in [3.05, 3.63) is 29.8 Å². The molecule has 1 saturated heterocycles. The number of β-amino-alcohol motifs (C(OH)–C–C–N with tert-alkyl or cyclic N) is 1. The molecule has 0 radical (unpaired) electrons. The lowest BCUT2D eigenvalue weighted by atomic mass is 9.88. The van der Waals surface area contributed by atoms with Gasteiger partial charge in [0.05, 0.1) is 12.7 Å². The topological polar surface area (TPSA) is 32.7 Å². The van der Waals surface area contributed by atoms with Crippen LogP contribution in [0.2, 0.25) is 0 Å². The molecule has 1 aliphatic heterocycles. The molecule has 1 aliphatic rings. The standard InChI is InChI=1S/C17H27NO2/c1-4-20-16-7-5-15(6-8-16)17(19)12-18-10-9-13(2)14(3)11-18/h5-8,13-14,17,19H,4,9-12H2,1-3H3. The van der Waals surface area contributed by atoms with E-state index in [0.29, 0.717) is 6.61 Å². The van der Waals surface area contributed by atoms with Gasteiger partial charge in [0.2, 0.25) is 0 Å². The van der Waals surface area contributed by atoms with E-state index in [2.05, 4.69) is 18.7 Å². The number of benzene rings is 1. The summed E-state index contributed by atoms with van der Waals surface area (Å²) in [6.07, 6.45) is 0.822. The summed E-state index contributed by atoms with van der Waals surface area (Å²) < 4.78 is 5.42. The molecule has 0 aromatic heterocycles. The highest BCUT2D eigenvalue weighted by Gasteiger charge is 2.24. The Labute approximate surface area is 122 Å². The van der Waals surface area contributed by atoms with E-state index in [1.54, 1.807) is 0 Å². The summed E-state index contributed by atoms with van der Waals surface area (Å²) in [5.41, 5.74) is 0.972. The first-order valence-electron chi connectivity index (χ1n) is 7.73. The molecule has 3 nitrogen and oxygen atoms in total.